The molecule has 0 amide bonds. The Labute approximate surface area is 132 Å². The lowest BCUT2D eigenvalue weighted by Crippen LogP contribution is -2.27. The minimum atomic E-state index is 0.00832. The van der Waals surface area contributed by atoms with Gasteiger partial charge in [0.15, 0.2) is 5.78 Å². The Morgan fingerprint density at radius 2 is 1.95 bits per heavy atom. The Morgan fingerprint density at radius 1 is 1.27 bits per heavy atom. The average molecular weight is 297 g/mol. The Balaban J connectivity index is 2.33. The van der Waals surface area contributed by atoms with Gasteiger partial charge in [0.1, 0.15) is 0 Å². The van der Waals surface area contributed by atoms with E-state index in [0.29, 0.717) is 30.5 Å². The lowest BCUT2D eigenvalue weighted by Gasteiger charge is -2.21. The highest BCUT2D eigenvalue weighted by Crippen LogP contribution is 2.25. The SMILES string of the molecule is CN=C(Cc1ccccc1)C1=C(N)CC/C(=C\N(C)C)C1=O. The molecule has 1 aromatic rings. The van der Waals surface area contributed by atoms with Gasteiger partial charge in [-0.2, -0.15) is 0 Å². The first-order valence-corrected chi connectivity index (χ1v) is 7.43. The molecule has 0 unspecified atom stereocenters. The molecule has 0 aromatic heterocycles. The minimum Gasteiger partial charge on any atom is -0.401 e. The molecule has 2 N–H and O–H groups in total. The van der Waals surface area contributed by atoms with Crippen LogP contribution in [0, 0.1) is 0 Å². The standard InChI is InChI=1S/C18H23N3O/c1-20-16(11-13-7-5-4-6-8-13)17-15(19)10-9-14(18(17)22)12-21(2)3/h4-8,12H,9-11,19H2,1-3H3/b14-12+,20-16?. The van der Waals surface area contributed by atoms with E-state index < -0.39 is 0 Å². The van der Waals surface area contributed by atoms with Crippen LogP contribution in [0.1, 0.15) is 18.4 Å². The molecule has 4 heteroatoms. The summed E-state index contributed by atoms with van der Waals surface area (Å²) in [5.41, 5.74) is 10.1. The van der Waals surface area contributed by atoms with Crippen molar-refractivity contribution in [3.63, 3.8) is 0 Å². The number of nitrogens with zero attached hydrogens (tertiary/aromatic N) is 2. The minimum absolute atomic E-state index is 0.00832. The second-order valence-corrected chi connectivity index (χ2v) is 5.68. The maximum absolute atomic E-state index is 12.7. The summed E-state index contributed by atoms with van der Waals surface area (Å²) in [7, 11) is 5.55. The Hall–Kier alpha value is -2.36. The third kappa shape index (κ3) is 3.64. The van der Waals surface area contributed by atoms with E-state index in [1.54, 1.807) is 7.05 Å². The average Bonchev–Trinajstić information content (AvgIpc) is 2.50. The van der Waals surface area contributed by atoms with E-state index in [4.69, 9.17) is 5.73 Å². The number of ketones is 1. The molecule has 1 aliphatic rings. The van der Waals surface area contributed by atoms with Crippen molar-refractivity contribution >= 4 is 11.5 Å². The number of hydrogen-bond acceptors (Lipinski definition) is 4. The van der Waals surface area contributed by atoms with Gasteiger partial charge < -0.3 is 10.6 Å². The number of Topliss-reactive ketones (excluding diaryl/α,β-unsaturated/α-hetero) is 1. The third-order valence-electron chi connectivity index (χ3n) is 3.69. The fourth-order valence-corrected chi connectivity index (χ4v) is 2.63. The number of aliphatic imine (C=N–C) groups is 1. The second-order valence-electron chi connectivity index (χ2n) is 5.68. The molecule has 22 heavy (non-hydrogen) atoms. The van der Waals surface area contributed by atoms with Crippen molar-refractivity contribution in [2.24, 2.45) is 10.7 Å². The van der Waals surface area contributed by atoms with Crippen LogP contribution >= 0.6 is 0 Å². The van der Waals surface area contributed by atoms with Crippen molar-refractivity contribution in [2.45, 2.75) is 19.3 Å². The van der Waals surface area contributed by atoms with Gasteiger partial charge in [0.25, 0.3) is 0 Å². The summed E-state index contributed by atoms with van der Waals surface area (Å²) in [5.74, 6) is 0.00832. The van der Waals surface area contributed by atoms with Crippen LogP contribution in [-0.2, 0) is 11.2 Å². The van der Waals surface area contributed by atoms with Crippen LogP contribution in [0.5, 0.6) is 0 Å². The highest BCUT2D eigenvalue weighted by atomic mass is 16.1. The van der Waals surface area contributed by atoms with Crippen LogP contribution in [0.4, 0.5) is 0 Å². The van der Waals surface area contributed by atoms with Crippen LogP contribution in [0.2, 0.25) is 0 Å². The molecule has 0 fully saturated rings. The zero-order valence-corrected chi connectivity index (χ0v) is 13.5. The molecule has 1 aliphatic carbocycles. The van der Waals surface area contributed by atoms with Gasteiger partial charge in [0.05, 0.1) is 11.3 Å². The van der Waals surface area contributed by atoms with Gasteiger partial charge in [-0.25, -0.2) is 0 Å². The second kappa shape index (κ2) is 7.07. The highest BCUT2D eigenvalue weighted by molar-refractivity contribution is 6.29. The van der Waals surface area contributed by atoms with Gasteiger partial charge in [-0.1, -0.05) is 30.3 Å². The number of benzene rings is 1. The summed E-state index contributed by atoms with van der Waals surface area (Å²) < 4.78 is 0. The lowest BCUT2D eigenvalue weighted by atomic mass is 9.86. The van der Waals surface area contributed by atoms with Crippen molar-refractivity contribution in [1.29, 1.82) is 0 Å². The summed E-state index contributed by atoms with van der Waals surface area (Å²) >= 11 is 0. The molecule has 0 bridgehead atoms. The monoisotopic (exact) mass is 297 g/mol. The van der Waals surface area contributed by atoms with Gasteiger partial charge >= 0.3 is 0 Å². The predicted octanol–water partition coefficient (Wildman–Crippen LogP) is 2.32. The van der Waals surface area contributed by atoms with Crippen molar-refractivity contribution in [2.75, 3.05) is 21.1 Å². The maximum Gasteiger partial charge on any atom is 0.194 e. The zero-order valence-electron chi connectivity index (χ0n) is 13.5. The van der Waals surface area contributed by atoms with Crippen molar-refractivity contribution < 1.29 is 4.79 Å². The van der Waals surface area contributed by atoms with Crippen LogP contribution in [0.25, 0.3) is 0 Å². The normalized spacial score (nSPS) is 18.0. The van der Waals surface area contributed by atoms with Crippen LogP contribution < -0.4 is 5.73 Å². The topological polar surface area (TPSA) is 58.7 Å². The molecule has 0 radical (unpaired) electrons. The molecule has 4 nitrogen and oxygen atoms in total. The summed E-state index contributed by atoms with van der Waals surface area (Å²) in [4.78, 5) is 19.0. The van der Waals surface area contributed by atoms with Crippen LogP contribution in [0.15, 0.2) is 58.4 Å². The molecule has 0 atom stereocenters. The lowest BCUT2D eigenvalue weighted by molar-refractivity contribution is -0.112. The third-order valence-corrected chi connectivity index (χ3v) is 3.69. The Bertz CT molecular complexity index is 640. The van der Waals surface area contributed by atoms with E-state index >= 15 is 0 Å². The highest BCUT2D eigenvalue weighted by Gasteiger charge is 2.27. The van der Waals surface area contributed by atoms with Crippen molar-refractivity contribution in [1.82, 2.24) is 4.90 Å². The van der Waals surface area contributed by atoms with Crippen molar-refractivity contribution in [3.05, 3.63) is 58.9 Å². The quantitative estimate of drug-likeness (QED) is 0.685. The Kier molecular flexibility index (Phi) is 5.15. The molecule has 0 saturated heterocycles. The summed E-state index contributed by atoms with van der Waals surface area (Å²) in [6.07, 6.45) is 3.89. The number of carbonyl (C=O) groups is 1. The molecule has 0 spiro atoms. The van der Waals surface area contributed by atoms with Crippen LogP contribution in [-0.4, -0.2) is 37.5 Å². The molecule has 116 valence electrons. The molecule has 0 aliphatic heterocycles. The van der Waals surface area contributed by atoms with Gasteiger partial charge in [-0.05, 0) is 18.4 Å². The summed E-state index contributed by atoms with van der Waals surface area (Å²) in [5, 5.41) is 0. The first-order chi connectivity index (χ1) is 10.5. The molecule has 0 saturated carbocycles. The van der Waals surface area contributed by atoms with Gasteiger partial charge in [0.2, 0.25) is 0 Å². The molecule has 0 heterocycles. The Morgan fingerprint density at radius 3 is 2.55 bits per heavy atom. The van der Waals surface area contributed by atoms with Gasteiger partial charge in [-0.15, -0.1) is 0 Å². The largest absolute Gasteiger partial charge is 0.401 e. The molecular weight excluding hydrogens is 274 g/mol. The van der Waals surface area contributed by atoms with Crippen molar-refractivity contribution in [3.8, 4) is 0 Å². The fourth-order valence-electron chi connectivity index (χ4n) is 2.63. The number of nitrogens with two attached hydrogens (primary N) is 1. The number of carbonyl (C=O) groups excluding carboxylic acids is 1. The number of rotatable bonds is 4. The van der Waals surface area contributed by atoms with Crippen LogP contribution in [0.3, 0.4) is 0 Å². The maximum atomic E-state index is 12.7. The van der Waals surface area contributed by atoms with E-state index in [1.165, 1.54) is 0 Å². The zero-order chi connectivity index (χ0) is 16.1. The van der Waals surface area contributed by atoms with Gasteiger partial charge in [0, 0.05) is 45.0 Å². The van der Waals surface area contributed by atoms with E-state index in [-0.39, 0.29) is 5.78 Å². The van der Waals surface area contributed by atoms with E-state index in [2.05, 4.69) is 4.99 Å². The molecule has 2 rings (SSSR count). The van der Waals surface area contributed by atoms with E-state index in [1.807, 2.05) is 55.5 Å². The van der Waals surface area contributed by atoms with E-state index in [9.17, 15) is 4.79 Å². The molecular formula is C18H23N3O. The molecule has 1 aromatic carbocycles. The first kappa shape index (κ1) is 16.0. The first-order valence-electron chi connectivity index (χ1n) is 7.43. The number of hydrogen-bond donors (Lipinski definition) is 1. The number of allylic oxidation sites excluding steroid dienone is 3. The fraction of sp³-hybridized carbons (Fsp3) is 0.333. The van der Waals surface area contributed by atoms with Gasteiger partial charge in [-0.3, -0.25) is 9.79 Å². The summed E-state index contributed by atoms with van der Waals surface area (Å²) in [6.45, 7) is 0. The van der Waals surface area contributed by atoms with E-state index in [0.717, 1.165) is 16.8 Å². The summed E-state index contributed by atoms with van der Waals surface area (Å²) in [6, 6.07) is 10.0. The predicted molar refractivity (Wildman–Crippen MR) is 90.7 cm³/mol. The smallest absolute Gasteiger partial charge is 0.194 e.